The van der Waals surface area contributed by atoms with Crippen LogP contribution in [0.25, 0.3) is 6.08 Å². The van der Waals surface area contributed by atoms with Crippen molar-refractivity contribution >= 4 is 40.3 Å². The molecule has 0 bridgehead atoms. The lowest BCUT2D eigenvalue weighted by molar-refractivity contribution is -0.115. The molecular formula is C24H25NO3S2. The number of carbonyl (C=O) groups excluding carboxylic acids is 1. The Kier molecular flexibility index (Phi) is 7.07. The summed E-state index contributed by atoms with van der Waals surface area (Å²) >= 11 is 6.31. The molecule has 156 valence electrons. The van der Waals surface area contributed by atoms with Gasteiger partial charge in [-0.05, 0) is 48.6 Å². The fraction of sp³-hybridized carbons (Fsp3) is 0.333. The van der Waals surface area contributed by atoms with E-state index < -0.39 is 0 Å². The van der Waals surface area contributed by atoms with Gasteiger partial charge in [-0.15, -0.1) is 0 Å². The van der Waals surface area contributed by atoms with Crippen LogP contribution in [0.5, 0.6) is 11.5 Å². The van der Waals surface area contributed by atoms with E-state index in [1.165, 1.54) is 49.4 Å². The Bertz CT molecular complexity index is 934. The highest BCUT2D eigenvalue weighted by Crippen LogP contribution is 2.33. The highest BCUT2D eigenvalue weighted by molar-refractivity contribution is 8.26. The number of carbonyl (C=O) groups is 1. The molecule has 1 amide bonds. The van der Waals surface area contributed by atoms with Crippen molar-refractivity contribution in [3.63, 3.8) is 0 Å². The summed E-state index contributed by atoms with van der Waals surface area (Å²) in [5, 5.41) is 2.63. The summed E-state index contributed by atoms with van der Waals surface area (Å²) in [5.41, 5.74) is 2.27. The van der Waals surface area contributed by atoms with Crippen LogP contribution < -0.4 is 14.8 Å². The number of rotatable bonds is 7. The van der Waals surface area contributed by atoms with Crippen molar-refractivity contribution in [1.29, 1.82) is 0 Å². The summed E-state index contributed by atoms with van der Waals surface area (Å²) in [7, 11) is 0. The molecule has 2 aromatic carbocycles. The molecule has 0 atom stereocenters. The first-order valence-electron chi connectivity index (χ1n) is 10.4. The molecule has 0 unspecified atom stereocenters. The largest absolute Gasteiger partial charge is 0.490 e. The smallest absolute Gasteiger partial charge is 0.263 e. The molecule has 2 fully saturated rings. The predicted molar refractivity (Wildman–Crippen MR) is 126 cm³/mol. The van der Waals surface area contributed by atoms with E-state index in [-0.39, 0.29) is 5.91 Å². The van der Waals surface area contributed by atoms with Crippen LogP contribution >= 0.6 is 24.0 Å². The van der Waals surface area contributed by atoms with Crippen molar-refractivity contribution in [2.24, 2.45) is 0 Å². The van der Waals surface area contributed by atoms with Gasteiger partial charge in [0, 0.05) is 5.56 Å². The fourth-order valence-corrected chi connectivity index (χ4v) is 4.91. The molecule has 0 aromatic heterocycles. The zero-order chi connectivity index (χ0) is 20.8. The Morgan fingerprint density at radius 2 is 1.73 bits per heavy atom. The van der Waals surface area contributed by atoms with Gasteiger partial charge in [-0.2, -0.15) is 0 Å². The molecule has 2 aromatic rings. The summed E-state index contributed by atoms with van der Waals surface area (Å²) < 4.78 is 12.2. The van der Waals surface area contributed by atoms with Crippen molar-refractivity contribution in [3.8, 4) is 11.5 Å². The molecule has 4 nitrogen and oxygen atoms in total. The lowest BCUT2D eigenvalue weighted by Crippen LogP contribution is -2.17. The van der Waals surface area contributed by atoms with Crippen LogP contribution in [0.1, 0.15) is 49.1 Å². The molecule has 1 aliphatic heterocycles. The lowest BCUT2D eigenvalue weighted by atomic mass is 9.84. The Labute approximate surface area is 187 Å². The number of amides is 1. The second-order valence-corrected chi connectivity index (χ2v) is 9.21. The predicted octanol–water partition coefficient (Wildman–Crippen LogP) is 5.68. The van der Waals surface area contributed by atoms with Crippen molar-refractivity contribution in [2.75, 3.05) is 13.2 Å². The Balaban J connectivity index is 1.29. The lowest BCUT2D eigenvalue weighted by Gasteiger charge is -2.22. The molecule has 30 heavy (non-hydrogen) atoms. The summed E-state index contributed by atoms with van der Waals surface area (Å²) in [6.07, 6.45) is 8.46. The number of hydrogen-bond acceptors (Lipinski definition) is 5. The van der Waals surface area contributed by atoms with Crippen LogP contribution in [0.4, 0.5) is 0 Å². The molecule has 2 aliphatic rings. The molecular weight excluding hydrogens is 414 g/mol. The zero-order valence-electron chi connectivity index (χ0n) is 16.8. The van der Waals surface area contributed by atoms with Crippen molar-refractivity contribution in [3.05, 3.63) is 64.6 Å². The first kappa shape index (κ1) is 20.9. The van der Waals surface area contributed by atoms with Crippen molar-refractivity contribution in [2.45, 2.75) is 38.0 Å². The zero-order valence-corrected chi connectivity index (χ0v) is 18.4. The third-order valence-corrected chi connectivity index (χ3v) is 6.58. The molecule has 1 N–H and O–H groups in total. The van der Waals surface area contributed by atoms with Crippen LogP contribution in [0.3, 0.4) is 0 Å². The average molecular weight is 440 g/mol. The number of thioether (sulfide) groups is 1. The number of para-hydroxylation sites is 1. The number of nitrogens with one attached hydrogen (secondary N) is 1. The fourth-order valence-electron chi connectivity index (χ4n) is 3.88. The average Bonchev–Trinajstić information content (AvgIpc) is 3.10. The van der Waals surface area contributed by atoms with Gasteiger partial charge in [-0.25, -0.2) is 0 Å². The van der Waals surface area contributed by atoms with Gasteiger partial charge in [-0.1, -0.05) is 73.6 Å². The molecule has 1 heterocycles. The first-order chi connectivity index (χ1) is 14.7. The maximum atomic E-state index is 11.9. The third kappa shape index (κ3) is 5.43. The Hall–Kier alpha value is -2.31. The highest BCUT2D eigenvalue weighted by atomic mass is 32.2. The summed E-state index contributed by atoms with van der Waals surface area (Å²) in [4.78, 5) is 12.5. The maximum absolute atomic E-state index is 11.9. The maximum Gasteiger partial charge on any atom is 0.263 e. The van der Waals surface area contributed by atoms with Crippen LogP contribution in [0.15, 0.2) is 53.4 Å². The van der Waals surface area contributed by atoms with Crippen LogP contribution in [0.2, 0.25) is 0 Å². The van der Waals surface area contributed by atoms with Gasteiger partial charge in [0.1, 0.15) is 29.0 Å². The van der Waals surface area contributed by atoms with Gasteiger partial charge in [0.2, 0.25) is 0 Å². The van der Waals surface area contributed by atoms with E-state index >= 15 is 0 Å². The number of benzene rings is 2. The highest BCUT2D eigenvalue weighted by Gasteiger charge is 2.22. The van der Waals surface area contributed by atoms with E-state index in [4.69, 9.17) is 21.7 Å². The minimum absolute atomic E-state index is 0.167. The molecule has 0 radical (unpaired) electrons. The van der Waals surface area contributed by atoms with Gasteiger partial charge in [0.15, 0.2) is 0 Å². The van der Waals surface area contributed by atoms with Crippen molar-refractivity contribution < 1.29 is 14.3 Å². The topological polar surface area (TPSA) is 47.6 Å². The molecule has 1 saturated carbocycles. The number of thiocarbonyl (C=S) groups is 1. The normalized spacial score (nSPS) is 18.5. The summed E-state index contributed by atoms with van der Waals surface area (Å²) in [6.45, 7) is 0.870. The molecule has 1 aliphatic carbocycles. The number of hydrogen-bond donors (Lipinski definition) is 1. The van der Waals surface area contributed by atoms with Gasteiger partial charge in [-0.3, -0.25) is 4.79 Å². The standard InChI is InChI=1S/C24H25NO3S2/c26-23-22(30-24(29)25-23)16-19-8-4-5-9-21(19)28-15-14-27-20-12-10-18(11-13-20)17-6-2-1-3-7-17/h4-5,8-13,16-17H,1-3,6-7,14-15H2,(H,25,26,29). The van der Waals surface area contributed by atoms with Crippen LogP contribution in [-0.2, 0) is 4.79 Å². The second-order valence-electron chi connectivity index (χ2n) is 7.49. The Morgan fingerprint density at radius 1 is 1.00 bits per heavy atom. The minimum atomic E-state index is -0.167. The molecule has 6 heteroatoms. The van der Waals surface area contributed by atoms with Gasteiger partial charge < -0.3 is 14.8 Å². The van der Waals surface area contributed by atoms with E-state index in [1.54, 1.807) is 6.08 Å². The van der Waals surface area contributed by atoms with E-state index in [0.717, 1.165) is 11.3 Å². The van der Waals surface area contributed by atoms with E-state index in [0.29, 0.717) is 34.1 Å². The first-order valence-corrected chi connectivity index (χ1v) is 11.6. The van der Waals surface area contributed by atoms with Crippen LogP contribution in [-0.4, -0.2) is 23.4 Å². The van der Waals surface area contributed by atoms with Crippen molar-refractivity contribution in [1.82, 2.24) is 5.32 Å². The molecule has 4 rings (SSSR count). The van der Waals surface area contributed by atoms with E-state index in [9.17, 15) is 4.79 Å². The van der Waals surface area contributed by atoms with E-state index in [1.807, 2.05) is 24.3 Å². The summed E-state index contributed by atoms with van der Waals surface area (Å²) in [6, 6.07) is 16.1. The molecule has 0 spiro atoms. The summed E-state index contributed by atoms with van der Waals surface area (Å²) in [5.74, 6) is 2.12. The third-order valence-electron chi connectivity index (χ3n) is 5.41. The van der Waals surface area contributed by atoms with E-state index in [2.05, 4.69) is 29.6 Å². The Morgan fingerprint density at radius 3 is 2.47 bits per heavy atom. The van der Waals surface area contributed by atoms with Crippen LogP contribution in [0, 0.1) is 0 Å². The second kappa shape index (κ2) is 10.1. The van der Waals surface area contributed by atoms with Gasteiger partial charge >= 0.3 is 0 Å². The minimum Gasteiger partial charge on any atom is -0.490 e. The van der Waals surface area contributed by atoms with Gasteiger partial charge in [0.05, 0.1) is 4.91 Å². The quantitative estimate of drug-likeness (QED) is 0.342. The SMILES string of the molecule is O=C1NC(=S)SC1=Cc1ccccc1OCCOc1ccc(C2CCCCC2)cc1. The number of ether oxygens (including phenoxy) is 2. The molecule has 1 saturated heterocycles. The monoisotopic (exact) mass is 439 g/mol. The van der Waals surface area contributed by atoms with Gasteiger partial charge in [0.25, 0.3) is 5.91 Å².